The van der Waals surface area contributed by atoms with E-state index in [0.717, 1.165) is 36.4 Å². The first-order valence-corrected chi connectivity index (χ1v) is 15.1. The van der Waals surface area contributed by atoms with Gasteiger partial charge in [0.05, 0.1) is 15.6 Å². The first-order valence-electron chi connectivity index (χ1n) is 13.3. The summed E-state index contributed by atoms with van der Waals surface area (Å²) in [4.78, 5) is 28.6. The summed E-state index contributed by atoms with van der Waals surface area (Å²) in [7, 11) is -4.20. The summed E-state index contributed by atoms with van der Waals surface area (Å²) >= 11 is 6.41. The second-order valence-electron chi connectivity index (χ2n) is 9.94. The summed E-state index contributed by atoms with van der Waals surface area (Å²) in [5.74, 6) is -1.35. The molecule has 212 valence electrons. The molecule has 0 aliphatic heterocycles. The summed E-state index contributed by atoms with van der Waals surface area (Å²) < 4.78 is 42.1. The zero-order valence-corrected chi connectivity index (χ0v) is 23.9. The molecule has 3 aromatic rings. The highest BCUT2D eigenvalue weighted by atomic mass is 35.5. The van der Waals surface area contributed by atoms with Crippen LogP contribution in [0.25, 0.3) is 0 Å². The van der Waals surface area contributed by atoms with Gasteiger partial charge in [-0.15, -0.1) is 0 Å². The standard InChI is InChI=1S/C30H33ClFN3O4S/c1-22(30(37)33-25-10-4-2-5-11-25)34(20-23-16-18-24(32)19-17-23)29(36)21-35(28-15-9-8-14-27(28)31)40(38,39)26-12-6-3-7-13-26/h3,6-9,12-19,22,25H,2,4-5,10-11,20-21H2,1H3,(H,33,37). The number of rotatable bonds is 10. The second-order valence-corrected chi connectivity index (χ2v) is 12.2. The van der Waals surface area contributed by atoms with Gasteiger partial charge in [0, 0.05) is 12.6 Å². The molecule has 10 heteroatoms. The number of anilines is 1. The van der Waals surface area contributed by atoms with Crippen LogP contribution in [0.5, 0.6) is 0 Å². The van der Waals surface area contributed by atoms with Crippen molar-refractivity contribution in [1.29, 1.82) is 0 Å². The Morgan fingerprint density at radius 2 is 1.57 bits per heavy atom. The maximum absolute atomic E-state index is 13.9. The number of nitrogens with zero attached hydrogens (tertiary/aromatic N) is 2. The molecular formula is C30H33ClFN3O4S. The maximum atomic E-state index is 13.9. The van der Waals surface area contributed by atoms with E-state index in [1.54, 1.807) is 43.3 Å². The predicted octanol–water partition coefficient (Wildman–Crippen LogP) is 5.54. The van der Waals surface area contributed by atoms with Gasteiger partial charge in [0.2, 0.25) is 11.8 Å². The molecule has 1 unspecified atom stereocenters. The van der Waals surface area contributed by atoms with E-state index < -0.39 is 34.3 Å². The van der Waals surface area contributed by atoms with Crippen molar-refractivity contribution in [3.63, 3.8) is 0 Å². The van der Waals surface area contributed by atoms with E-state index in [1.165, 1.54) is 47.4 Å². The molecule has 0 heterocycles. The lowest BCUT2D eigenvalue weighted by atomic mass is 9.95. The number of amides is 2. The van der Waals surface area contributed by atoms with E-state index in [9.17, 15) is 22.4 Å². The average molecular weight is 586 g/mol. The van der Waals surface area contributed by atoms with Gasteiger partial charge in [-0.25, -0.2) is 12.8 Å². The van der Waals surface area contributed by atoms with Crippen molar-refractivity contribution in [1.82, 2.24) is 10.2 Å². The highest BCUT2D eigenvalue weighted by molar-refractivity contribution is 7.92. The fraction of sp³-hybridized carbons (Fsp3) is 0.333. The Labute approximate surface area is 240 Å². The Morgan fingerprint density at radius 1 is 0.950 bits per heavy atom. The average Bonchev–Trinajstić information content (AvgIpc) is 2.96. The Kier molecular flexibility index (Phi) is 9.81. The van der Waals surface area contributed by atoms with E-state index in [0.29, 0.717) is 5.56 Å². The van der Waals surface area contributed by atoms with Gasteiger partial charge in [0.15, 0.2) is 0 Å². The molecule has 0 aromatic heterocycles. The van der Waals surface area contributed by atoms with Gasteiger partial charge in [-0.05, 0) is 61.7 Å². The van der Waals surface area contributed by atoms with Crippen LogP contribution < -0.4 is 9.62 Å². The Balaban J connectivity index is 1.67. The first kappa shape index (κ1) is 29.6. The number of carbonyl (C=O) groups is 2. The molecule has 0 bridgehead atoms. The fourth-order valence-corrected chi connectivity index (χ4v) is 6.57. The molecular weight excluding hydrogens is 553 g/mol. The highest BCUT2D eigenvalue weighted by Crippen LogP contribution is 2.30. The van der Waals surface area contributed by atoms with E-state index in [4.69, 9.17) is 11.6 Å². The molecule has 1 aliphatic rings. The third kappa shape index (κ3) is 7.20. The van der Waals surface area contributed by atoms with Crippen LogP contribution in [0.15, 0.2) is 83.8 Å². The van der Waals surface area contributed by atoms with Crippen molar-refractivity contribution in [2.24, 2.45) is 0 Å². The topological polar surface area (TPSA) is 86.8 Å². The number of sulfonamides is 1. The van der Waals surface area contributed by atoms with Crippen molar-refractivity contribution in [3.05, 3.63) is 95.3 Å². The molecule has 1 saturated carbocycles. The number of para-hydroxylation sites is 1. The minimum absolute atomic E-state index is 0.00380. The lowest BCUT2D eigenvalue weighted by Gasteiger charge is -2.33. The van der Waals surface area contributed by atoms with Crippen molar-refractivity contribution < 1.29 is 22.4 Å². The number of carbonyl (C=O) groups excluding carboxylic acids is 2. The number of hydrogen-bond donors (Lipinski definition) is 1. The summed E-state index contributed by atoms with van der Waals surface area (Å²) in [6, 6.07) is 18.9. The van der Waals surface area contributed by atoms with Crippen LogP contribution >= 0.6 is 11.6 Å². The molecule has 1 fully saturated rings. The van der Waals surface area contributed by atoms with Gasteiger partial charge in [-0.2, -0.15) is 0 Å². The lowest BCUT2D eigenvalue weighted by molar-refractivity contribution is -0.139. The van der Waals surface area contributed by atoms with Crippen molar-refractivity contribution >= 4 is 39.1 Å². The van der Waals surface area contributed by atoms with E-state index in [-0.39, 0.29) is 34.1 Å². The van der Waals surface area contributed by atoms with Crippen LogP contribution in [0.1, 0.15) is 44.6 Å². The van der Waals surface area contributed by atoms with Gasteiger partial charge in [0.1, 0.15) is 18.4 Å². The number of hydrogen-bond acceptors (Lipinski definition) is 4. The molecule has 0 radical (unpaired) electrons. The van der Waals surface area contributed by atoms with E-state index in [2.05, 4.69) is 5.32 Å². The van der Waals surface area contributed by atoms with Gasteiger partial charge in [-0.1, -0.05) is 73.3 Å². The minimum Gasteiger partial charge on any atom is -0.352 e. The zero-order valence-electron chi connectivity index (χ0n) is 22.3. The molecule has 0 saturated heterocycles. The fourth-order valence-electron chi connectivity index (χ4n) is 4.82. The quantitative estimate of drug-likeness (QED) is 0.338. The van der Waals surface area contributed by atoms with Crippen molar-refractivity contribution in [2.75, 3.05) is 10.8 Å². The van der Waals surface area contributed by atoms with Gasteiger partial charge in [-0.3, -0.25) is 13.9 Å². The number of halogens is 2. The Morgan fingerprint density at radius 3 is 2.23 bits per heavy atom. The van der Waals surface area contributed by atoms with Crippen LogP contribution in [0, 0.1) is 5.82 Å². The van der Waals surface area contributed by atoms with Crippen LogP contribution in [-0.4, -0.2) is 43.8 Å². The molecule has 4 rings (SSSR count). The Bertz CT molecular complexity index is 1410. The lowest BCUT2D eigenvalue weighted by Crippen LogP contribution is -2.53. The van der Waals surface area contributed by atoms with Gasteiger partial charge >= 0.3 is 0 Å². The smallest absolute Gasteiger partial charge is 0.264 e. The van der Waals surface area contributed by atoms with E-state index in [1.807, 2.05) is 0 Å². The minimum atomic E-state index is -4.20. The molecule has 0 spiro atoms. The molecule has 1 atom stereocenters. The normalized spacial score (nSPS) is 14.8. The van der Waals surface area contributed by atoms with Crippen molar-refractivity contribution in [3.8, 4) is 0 Å². The van der Waals surface area contributed by atoms with Crippen LogP contribution in [0.2, 0.25) is 5.02 Å². The SMILES string of the molecule is CC(C(=O)NC1CCCCC1)N(Cc1ccc(F)cc1)C(=O)CN(c1ccccc1Cl)S(=O)(=O)c1ccccc1. The second kappa shape index (κ2) is 13.3. The molecule has 1 N–H and O–H groups in total. The van der Waals surface area contributed by atoms with Crippen LogP contribution in [0.4, 0.5) is 10.1 Å². The monoisotopic (exact) mass is 585 g/mol. The summed E-state index contributed by atoms with van der Waals surface area (Å²) in [6.07, 6.45) is 4.94. The molecule has 7 nitrogen and oxygen atoms in total. The van der Waals surface area contributed by atoms with E-state index >= 15 is 0 Å². The molecule has 2 amide bonds. The third-order valence-corrected chi connectivity index (χ3v) is 9.21. The predicted molar refractivity (Wildman–Crippen MR) is 154 cm³/mol. The largest absolute Gasteiger partial charge is 0.352 e. The molecule has 40 heavy (non-hydrogen) atoms. The highest BCUT2D eigenvalue weighted by Gasteiger charge is 2.33. The molecule has 1 aliphatic carbocycles. The Hall–Kier alpha value is -3.43. The summed E-state index contributed by atoms with van der Waals surface area (Å²) in [5.41, 5.74) is 0.740. The van der Waals surface area contributed by atoms with Gasteiger partial charge in [0.25, 0.3) is 10.0 Å². The third-order valence-electron chi connectivity index (χ3n) is 7.12. The summed E-state index contributed by atoms with van der Waals surface area (Å²) in [5, 5.41) is 3.21. The van der Waals surface area contributed by atoms with Crippen molar-refractivity contribution in [2.45, 2.75) is 62.6 Å². The first-order chi connectivity index (χ1) is 19.2. The van der Waals surface area contributed by atoms with Crippen LogP contribution in [0.3, 0.4) is 0 Å². The number of nitrogens with one attached hydrogen (secondary N) is 1. The van der Waals surface area contributed by atoms with Crippen LogP contribution in [-0.2, 0) is 26.2 Å². The maximum Gasteiger partial charge on any atom is 0.264 e. The summed E-state index contributed by atoms with van der Waals surface area (Å²) in [6.45, 7) is 1.01. The molecule has 3 aromatic carbocycles. The zero-order chi connectivity index (χ0) is 28.7. The number of benzene rings is 3. The van der Waals surface area contributed by atoms with Gasteiger partial charge < -0.3 is 10.2 Å².